The molecule has 0 saturated carbocycles. The predicted octanol–water partition coefficient (Wildman–Crippen LogP) is 2.57. The number of aliphatic hydroxyl groups excluding tert-OH is 1. The first-order valence-electron chi connectivity index (χ1n) is 9.89. The van der Waals surface area contributed by atoms with Gasteiger partial charge in [0.25, 0.3) is 0 Å². The van der Waals surface area contributed by atoms with Crippen molar-refractivity contribution in [3.05, 3.63) is 23.8 Å². The van der Waals surface area contributed by atoms with Gasteiger partial charge in [0.15, 0.2) is 0 Å². The molecule has 2 aliphatic heterocycles. The monoisotopic (exact) mass is 386 g/mol. The molecule has 0 unspecified atom stereocenters. The molecule has 1 aromatic carbocycles. The minimum absolute atomic E-state index is 0.118. The highest BCUT2D eigenvalue weighted by molar-refractivity contribution is 5.70. The number of ether oxygens (including phenoxy) is 1. The van der Waals surface area contributed by atoms with Crippen LogP contribution >= 0.6 is 0 Å². The van der Waals surface area contributed by atoms with Crippen LogP contribution in [0.15, 0.2) is 18.2 Å². The van der Waals surface area contributed by atoms with E-state index in [0.29, 0.717) is 31.7 Å². The molecule has 2 atom stereocenters. The molecule has 28 heavy (non-hydrogen) atoms. The summed E-state index contributed by atoms with van der Waals surface area (Å²) in [4.78, 5) is 18.4. The van der Waals surface area contributed by atoms with Crippen LogP contribution in [-0.2, 0) is 4.74 Å². The number of hydrogen-bond donors (Lipinski definition) is 1. The summed E-state index contributed by atoms with van der Waals surface area (Å²) in [6, 6.07) is 8.33. The molecule has 1 aromatic rings. The predicted molar refractivity (Wildman–Crippen MR) is 109 cm³/mol. The standard InChI is InChI=1S/C21H30N4O3/c1-15-13-24(20(27)28-21(2,3)4)9-10-25(15)17-5-6-19(16(11-17)12-22)23-8-7-18(26)14-23/h5-6,11,15,18,26H,7-10,13-14H2,1-4H3/t15-,18+/m0/s1. The zero-order valence-electron chi connectivity index (χ0n) is 17.2. The molecule has 2 fully saturated rings. The van der Waals surface area contributed by atoms with E-state index < -0.39 is 5.60 Å². The van der Waals surface area contributed by atoms with E-state index in [1.807, 2.05) is 39.0 Å². The number of benzene rings is 1. The van der Waals surface area contributed by atoms with Gasteiger partial charge in [-0.3, -0.25) is 0 Å². The highest BCUT2D eigenvalue weighted by Crippen LogP contribution is 2.30. The number of carbonyl (C=O) groups excluding carboxylic acids is 1. The molecular formula is C21H30N4O3. The summed E-state index contributed by atoms with van der Waals surface area (Å²) in [5, 5.41) is 19.4. The molecule has 0 radical (unpaired) electrons. The highest BCUT2D eigenvalue weighted by Gasteiger charge is 2.30. The second-order valence-corrected chi connectivity index (χ2v) is 8.67. The maximum absolute atomic E-state index is 12.3. The number of nitriles is 1. The molecule has 7 heteroatoms. The van der Waals surface area contributed by atoms with Gasteiger partial charge in [-0.05, 0) is 52.3 Å². The zero-order chi connectivity index (χ0) is 20.5. The molecule has 2 heterocycles. The Morgan fingerprint density at radius 2 is 2.00 bits per heavy atom. The third-order valence-electron chi connectivity index (χ3n) is 5.22. The number of rotatable bonds is 2. The Morgan fingerprint density at radius 3 is 2.57 bits per heavy atom. The highest BCUT2D eigenvalue weighted by atomic mass is 16.6. The van der Waals surface area contributed by atoms with Crippen molar-refractivity contribution in [1.82, 2.24) is 4.90 Å². The molecular weight excluding hydrogens is 356 g/mol. The Morgan fingerprint density at radius 1 is 1.25 bits per heavy atom. The molecule has 1 amide bonds. The SMILES string of the molecule is C[C@H]1CN(C(=O)OC(C)(C)C)CCN1c1ccc(N2CC[C@@H](O)C2)c(C#N)c1. The number of piperazine rings is 1. The summed E-state index contributed by atoms with van der Waals surface area (Å²) < 4.78 is 5.48. The van der Waals surface area contributed by atoms with Crippen LogP contribution in [0.2, 0.25) is 0 Å². The Kier molecular flexibility index (Phi) is 5.71. The summed E-state index contributed by atoms with van der Waals surface area (Å²) in [7, 11) is 0. The van der Waals surface area contributed by atoms with Crippen molar-refractivity contribution >= 4 is 17.5 Å². The fourth-order valence-electron chi connectivity index (χ4n) is 3.86. The summed E-state index contributed by atoms with van der Waals surface area (Å²) in [5.41, 5.74) is 1.98. The largest absolute Gasteiger partial charge is 0.444 e. The molecule has 0 aromatic heterocycles. The Labute approximate surface area is 167 Å². The van der Waals surface area contributed by atoms with Gasteiger partial charge in [0.1, 0.15) is 11.7 Å². The van der Waals surface area contributed by atoms with Gasteiger partial charge in [-0.1, -0.05) is 0 Å². The van der Waals surface area contributed by atoms with Crippen LogP contribution in [0.3, 0.4) is 0 Å². The van der Waals surface area contributed by atoms with Gasteiger partial charge >= 0.3 is 6.09 Å². The molecule has 0 bridgehead atoms. The summed E-state index contributed by atoms with van der Waals surface area (Å²) >= 11 is 0. The van der Waals surface area contributed by atoms with Gasteiger partial charge in [-0.15, -0.1) is 0 Å². The Balaban J connectivity index is 1.71. The maximum atomic E-state index is 12.3. The molecule has 1 N–H and O–H groups in total. The van der Waals surface area contributed by atoms with E-state index in [2.05, 4.69) is 22.8 Å². The summed E-state index contributed by atoms with van der Waals surface area (Å²) in [5.74, 6) is 0. The van der Waals surface area contributed by atoms with E-state index in [4.69, 9.17) is 4.74 Å². The van der Waals surface area contributed by atoms with E-state index >= 15 is 0 Å². The molecule has 2 saturated heterocycles. The smallest absolute Gasteiger partial charge is 0.410 e. The normalized spacial score (nSPS) is 22.9. The van der Waals surface area contributed by atoms with E-state index in [9.17, 15) is 15.2 Å². The minimum atomic E-state index is -0.502. The molecule has 7 nitrogen and oxygen atoms in total. The van der Waals surface area contributed by atoms with E-state index in [1.54, 1.807) is 4.90 Å². The Bertz CT molecular complexity index is 768. The van der Waals surface area contributed by atoms with E-state index in [-0.39, 0.29) is 18.2 Å². The van der Waals surface area contributed by atoms with Crippen molar-refractivity contribution in [2.45, 2.75) is 51.9 Å². The quantitative estimate of drug-likeness (QED) is 0.842. The molecule has 3 rings (SSSR count). The first kappa shape index (κ1) is 20.3. The number of nitrogens with zero attached hydrogens (tertiary/aromatic N) is 4. The van der Waals surface area contributed by atoms with Crippen molar-refractivity contribution in [3.63, 3.8) is 0 Å². The minimum Gasteiger partial charge on any atom is -0.444 e. The first-order chi connectivity index (χ1) is 13.2. The van der Waals surface area contributed by atoms with Crippen molar-refractivity contribution in [2.75, 3.05) is 42.5 Å². The van der Waals surface area contributed by atoms with Crippen molar-refractivity contribution in [3.8, 4) is 6.07 Å². The molecule has 0 spiro atoms. The second kappa shape index (κ2) is 7.88. The summed E-state index contributed by atoms with van der Waals surface area (Å²) in [6.45, 7) is 10.9. The number of hydrogen-bond acceptors (Lipinski definition) is 6. The number of anilines is 2. The third-order valence-corrected chi connectivity index (χ3v) is 5.22. The van der Waals surface area contributed by atoms with Crippen LogP contribution in [0.25, 0.3) is 0 Å². The fourth-order valence-corrected chi connectivity index (χ4v) is 3.86. The van der Waals surface area contributed by atoms with Gasteiger partial charge in [0.05, 0.1) is 17.4 Å². The van der Waals surface area contributed by atoms with Gasteiger partial charge < -0.3 is 24.5 Å². The van der Waals surface area contributed by atoms with Crippen molar-refractivity contribution in [2.24, 2.45) is 0 Å². The number of carbonyl (C=O) groups is 1. The van der Waals surface area contributed by atoms with Gasteiger partial charge in [0, 0.05) is 44.5 Å². The Hall–Kier alpha value is -2.46. The molecule has 152 valence electrons. The van der Waals surface area contributed by atoms with Gasteiger partial charge in [-0.25, -0.2) is 4.79 Å². The number of aliphatic hydroxyl groups is 1. The zero-order valence-corrected chi connectivity index (χ0v) is 17.2. The number of amides is 1. The van der Waals surface area contributed by atoms with Crippen molar-refractivity contribution < 1.29 is 14.6 Å². The molecule has 2 aliphatic rings. The average molecular weight is 386 g/mol. The van der Waals surface area contributed by atoms with Crippen LogP contribution in [0.4, 0.5) is 16.2 Å². The lowest BCUT2D eigenvalue weighted by atomic mass is 10.1. The third kappa shape index (κ3) is 4.50. The van der Waals surface area contributed by atoms with Crippen LogP contribution in [0, 0.1) is 11.3 Å². The first-order valence-corrected chi connectivity index (χ1v) is 9.89. The maximum Gasteiger partial charge on any atom is 0.410 e. The second-order valence-electron chi connectivity index (χ2n) is 8.67. The topological polar surface area (TPSA) is 80.0 Å². The van der Waals surface area contributed by atoms with Crippen LogP contribution in [0.1, 0.15) is 39.7 Å². The fraction of sp³-hybridized carbons (Fsp3) is 0.619. The average Bonchev–Trinajstić information content (AvgIpc) is 3.06. The van der Waals surface area contributed by atoms with Crippen LogP contribution < -0.4 is 9.80 Å². The van der Waals surface area contributed by atoms with E-state index in [1.165, 1.54) is 0 Å². The van der Waals surface area contributed by atoms with E-state index in [0.717, 1.165) is 24.3 Å². The lowest BCUT2D eigenvalue weighted by Gasteiger charge is -2.41. The van der Waals surface area contributed by atoms with Crippen LogP contribution in [0.5, 0.6) is 0 Å². The van der Waals surface area contributed by atoms with Gasteiger partial charge in [-0.2, -0.15) is 5.26 Å². The van der Waals surface area contributed by atoms with Crippen LogP contribution in [-0.4, -0.2) is 66.6 Å². The molecule has 0 aliphatic carbocycles. The summed E-state index contributed by atoms with van der Waals surface area (Å²) in [6.07, 6.45) is 0.128. The lowest BCUT2D eigenvalue weighted by molar-refractivity contribution is 0.0219. The van der Waals surface area contributed by atoms with Gasteiger partial charge in [0.2, 0.25) is 0 Å². The number of β-amino-alcohol motifs (C(OH)–C–C–N with tert-alkyl or cyclic N) is 1. The van der Waals surface area contributed by atoms with Crippen molar-refractivity contribution in [1.29, 1.82) is 5.26 Å². The lowest BCUT2D eigenvalue weighted by Crippen LogP contribution is -2.54.